The summed E-state index contributed by atoms with van der Waals surface area (Å²) in [6.07, 6.45) is 6.79. The molecule has 4 heterocycles. The molecule has 0 spiro atoms. The predicted octanol–water partition coefficient (Wildman–Crippen LogP) is 3.28. The molecule has 0 atom stereocenters. The maximum atomic E-state index is 12.9. The first kappa shape index (κ1) is 22.1. The number of rotatable bonds is 7. The van der Waals surface area contributed by atoms with Crippen molar-refractivity contribution in [2.24, 2.45) is 0 Å². The number of thiazole rings is 1. The summed E-state index contributed by atoms with van der Waals surface area (Å²) in [5.74, 6) is -0.193. The zero-order chi connectivity index (χ0) is 23.7. The molecule has 172 valence electrons. The highest BCUT2D eigenvalue weighted by molar-refractivity contribution is 7.16. The van der Waals surface area contributed by atoms with Crippen LogP contribution in [0.3, 0.4) is 0 Å². The second-order valence-corrected chi connectivity index (χ2v) is 9.08. The number of nitrogens with one attached hydrogen (secondary N) is 1. The Morgan fingerprint density at radius 3 is 2.82 bits per heavy atom. The van der Waals surface area contributed by atoms with Gasteiger partial charge < -0.3 is 9.88 Å². The highest BCUT2D eigenvalue weighted by Crippen LogP contribution is 2.21. The van der Waals surface area contributed by atoms with Crippen LogP contribution in [0.5, 0.6) is 0 Å². The predicted molar refractivity (Wildman–Crippen MR) is 131 cm³/mol. The first-order valence-corrected chi connectivity index (χ1v) is 11.7. The van der Waals surface area contributed by atoms with Gasteiger partial charge in [0.25, 0.3) is 11.5 Å². The normalized spacial score (nSPS) is 11.2. The van der Waals surface area contributed by atoms with E-state index in [-0.39, 0.29) is 11.5 Å². The van der Waals surface area contributed by atoms with Gasteiger partial charge in [-0.15, -0.1) is 0 Å². The van der Waals surface area contributed by atoms with E-state index in [1.807, 2.05) is 54.2 Å². The second kappa shape index (κ2) is 9.24. The number of halogens is 1. The van der Waals surface area contributed by atoms with Crippen molar-refractivity contribution in [1.82, 2.24) is 34.2 Å². The quantitative estimate of drug-likeness (QED) is 0.375. The number of carbonyl (C=O) groups is 1. The van der Waals surface area contributed by atoms with E-state index in [4.69, 9.17) is 11.6 Å². The molecule has 1 amide bonds. The van der Waals surface area contributed by atoms with Gasteiger partial charge in [-0.25, -0.2) is 14.6 Å². The van der Waals surface area contributed by atoms with Crippen LogP contribution in [0.1, 0.15) is 20.9 Å². The summed E-state index contributed by atoms with van der Waals surface area (Å²) in [4.78, 5) is 35.0. The Hall–Kier alpha value is -3.76. The van der Waals surface area contributed by atoms with Gasteiger partial charge in [0.2, 0.25) is 0 Å². The number of fused-ring (bicyclic) bond motifs is 1. The van der Waals surface area contributed by atoms with E-state index >= 15 is 0 Å². The van der Waals surface area contributed by atoms with Crippen molar-refractivity contribution in [3.8, 4) is 5.13 Å². The minimum absolute atomic E-state index is 0.182. The standard InChI is InChI=1S/C23H20ClN7O2S/c1-15-19(34-23(28-15)29-8-2-3-9-29)21(32)25-7-10-31-20-18(12-27-31)22(33)30(14-26-20)13-16-5-4-6-17(24)11-16/h2-6,8-9,11-12,14H,7,10,13H2,1H3,(H,25,32). The lowest BCUT2D eigenvalue weighted by Crippen LogP contribution is -2.27. The van der Waals surface area contributed by atoms with Crippen molar-refractivity contribution in [1.29, 1.82) is 0 Å². The van der Waals surface area contributed by atoms with Gasteiger partial charge in [-0.1, -0.05) is 35.1 Å². The Labute approximate surface area is 203 Å². The maximum Gasteiger partial charge on any atom is 0.264 e. The van der Waals surface area contributed by atoms with Crippen LogP contribution in [0, 0.1) is 6.92 Å². The van der Waals surface area contributed by atoms with Gasteiger partial charge in [0.15, 0.2) is 10.8 Å². The van der Waals surface area contributed by atoms with E-state index in [2.05, 4.69) is 20.4 Å². The van der Waals surface area contributed by atoms with Crippen LogP contribution in [0.2, 0.25) is 5.02 Å². The summed E-state index contributed by atoms with van der Waals surface area (Å²) < 4.78 is 5.01. The first-order chi connectivity index (χ1) is 16.5. The molecule has 5 rings (SSSR count). The Bertz CT molecular complexity index is 1530. The average molecular weight is 494 g/mol. The second-order valence-electron chi connectivity index (χ2n) is 7.67. The Morgan fingerprint density at radius 1 is 1.21 bits per heavy atom. The number of benzene rings is 1. The third kappa shape index (κ3) is 4.37. The fourth-order valence-electron chi connectivity index (χ4n) is 3.63. The van der Waals surface area contributed by atoms with Crippen LogP contribution in [0.15, 0.2) is 66.1 Å². The molecule has 9 nitrogen and oxygen atoms in total. The van der Waals surface area contributed by atoms with Crippen molar-refractivity contribution < 1.29 is 4.79 Å². The number of carbonyl (C=O) groups excluding carboxylic acids is 1. The fraction of sp³-hybridized carbons (Fsp3) is 0.174. The minimum atomic E-state index is -0.193. The molecule has 1 N–H and O–H groups in total. The van der Waals surface area contributed by atoms with E-state index in [0.717, 1.165) is 10.7 Å². The van der Waals surface area contributed by atoms with Crippen molar-refractivity contribution >= 4 is 39.9 Å². The first-order valence-electron chi connectivity index (χ1n) is 10.5. The summed E-state index contributed by atoms with van der Waals surface area (Å²) in [5, 5.41) is 8.98. The van der Waals surface area contributed by atoms with Gasteiger partial charge in [0.05, 0.1) is 25.0 Å². The highest BCUT2D eigenvalue weighted by Gasteiger charge is 2.16. The molecule has 0 aliphatic rings. The number of hydrogen-bond donors (Lipinski definition) is 1. The summed E-state index contributed by atoms with van der Waals surface area (Å²) in [7, 11) is 0. The van der Waals surface area contributed by atoms with Crippen LogP contribution < -0.4 is 10.9 Å². The molecule has 0 bridgehead atoms. The van der Waals surface area contributed by atoms with Gasteiger partial charge in [-0.2, -0.15) is 5.10 Å². The lowest BCUT2D eigenvalue weighted by molar-refractivity contribution is 0.0955. The van der Waals surface area contributed by atoms with Gasteiger partial charge in [-0.3, -0.25) is 14.2 Å². The van der Waals surface area contributed by atoms with Crippen molar-refractivity contribution in [2.75, 3.05) is 6.54 Å². The van der Waals surface area contributed by atoms with Crippen molar-refractivity contribution in [3.63, 3.8) is 0 Å². The molecule has 5 aromatic rings. The Balaban J connectivity index is 1.26. The van der Waals surface area contributed by atoms with Gasteiger partial charge in [-0.05, 0) is 36.8 Å². The van der Waals surface area contributed by atoms with E-state index < -0.39 is 0 Å². The monoisotopic (exact) mass is 493 g/mol. The van der Waals surface area contributed by atoms with Gasteiger partial charge in [0, 0.05) is 24.0 Å². The van der Waals surface area contributed by atoms with Crippen LogP contribution in [0.4, 0.5) is 0 Å². The molecule has 4 aromatic heterocycles. The van der Waals surface area contributed by atoms with Crippen molar-refractivity contribution in [2.45, 2.75) is 20.0 Å². The van der Waals surface area contributed by atoms with E-state index in [1.165, 1.54) is 28.4 Å². The summed E-state index contributed by atoms with van der Waals surface area (Å²) in [5.41, 5.74) is 1.88. The van der Waals surface area contributed by atoms with Gasteiger partial charge >= 0.3 is 0 Å². The highest BCUT2D eigenvalue weighted by atomic mass is 35.5. The van der Waals surface area contributed by atoms with Gasteiger partial charge in [0.1, 0.15) is 16.6 Å². The molecule has 0 radical (unpaired) electrons. The Morgan fingerprint density at radius 2 is 2.03 bits per heavy atom. The Kier molecular flexibility index (Phi) is 5.99. The number of aryl methyl sites for hydroxylation is 1. The third-order valence-corrected chi connectivity index (χ3v) is 6.69. The molecule has 11 heteroatoms. The molecular weight excluding hydrogens is 474 g/mol. The number of nitrogens with zero attached hydrogens (tertiary/aromatic N) is 6. The van der Waals surface area contributed by atoms with Crippen LogP contribution >= 0.6 is 22.9 Å². The topological polar surface area (TPSA) is 99.6 Å². The molecule has 0 fully saturated rings. The maximum absolute atomic E-state index is 12.9. The molecule has 34 heavy (non-hydrogen) atoms. The molecule has 0 saturated heterocycles. The molecule has 0 saturated carbocycles. The third-order valence-electron chi connectivity index (χ3n) is 5.29. The number of amides is 1. The van der Waals surface area contributed by atoms with E-state index in [0.29, 0.717) is 46.3 Å². The molecule has 0 unspecified atom stereocenters. The minimum Gasteiger partial charge on any atom is -0.349 e. The SMILES string of the molecule is Cc1nc(-n2cccc2)sc1C(=O)NCCn1ncc2c(=O)n(Cc3cccc(Cl)c3)cnc21. The van der Waals surface area contributed by atoms with Crippen molar-refractivity contribution in [3.05, 3.63) is 92.8 Å². The summed E-state index contributed by atoms with van der Waals surface area (Å²) in [6.45, 7) is 2.89. The van der Waals surface area contributed by atoms with Crippen LogP contribution in [-0.4, -0.2) is 41.3 Å². The van der Waals surface area contributed by atoms with E-state index in [9.17, 15) is 9.59 Å². The number of aromatic nitrogens is 6. The summed E-state index contributed by atoms with van der Waals surface area (Å²) >= 11 is 7.38. The summed E-state index contributed by atoms with van der Waals surface area (Å²) in [6, 6.07) is 11.2. The molecule has 1 aromatic carbocycles. The van der Waals surface area contributed by atoms with Crippen LogP contribution in [0.25, 0.3) is 16.2 Å². The molecule has 0 aliphatic carbocycles. The lowest BCUT2D eigenvalue weighted by Gasteiger charge is -2.07. The molecule has 0 aliphatic heterocycles. The fourth-order valence-corrected chi connectivity index (χ4v) is 4.79. The largest absolute Gasteiger partial charge is 0.349 e. The molecular formula is C23H20ClN7O2S. The van der Waals surface area contributed by atoms with Crippen LogP contribution in [-0.2, 0) is 13.1 Å². The lowest BCUT2D eigenvalue weighted by atomic mass is 10.2. The zero-order valence-electron chi connectivity index (χ0n) is 18.2. The van der Waals surface area contributed by atoms with E-state index in [1.54, 1.807) is 10.7 Å². The number of hydrogen-bond acceptors (Lipinski definition) is 6. The average Bonchev–Trinajstić information content (AvgIpc) is 3.56. The zero-order valence-corrected chi connectivity index (χ0v) is 19.8. The smallest absolute Gasteiger partial charge is 0.264 e.